The van der Waals surface area contributed by atoms with Crippen molar-refractivity contribution in [3.8, 4) is 0 Å². The first kappa shape index (κ1) is 14.3. The highest BCUT2D eigenvalue weighted by Gasteiger charge is 2.30. The number of carbonyl (C=O) groups is 1. The third-order valence-corrected chi connectivity index (χ3v) is 4.75. The predicted molar refractivity (Wildman–Crippen MR) is 75.4 cm³/mol. The molecule has 0 aromatic carbocycles. The van der Waals surface area contributed by atoms with Gasteiger partial charge in [0.2, 0.25) is 0 Å². The molecule has 1 aliphatic carbocycles. The lowest BCUT2D eigenvalue weighted by atomic mass is 10.0. The standard InChI is InChI=1S/C14H20N2O2S/c1-9-8-10(2)16-14(15-9)19-12-7-5-3-4-6-11(12)13(17)18/h8,11-12H,3-7H2,1-2H3,(H,17,18). The van der Waals surface area contributed by atoms with Crippen LogP contribution in [0.5, 0.6) is 0 Å². The first-order valence-electron chi connectivity index (χ1n) is 6.78. The summed E-state index contributed by atoms with van der Waals surface area (Å²) in [6.07, 6.45) is 4.97. The lowest BCUT2D eigenvalue weighted by Crippen LogP contribution is -2.25. The number of aliphatic carboxylic acids is 1. The smallest absolute Gasteiger partial charge is 0.307 e. The number of carboxylic acid groups (broad SMARTS) is 1. The van der Waals surface area contributed by atoms with Crippen LogP contribution in [0, 0.1) is 19.8 Å². The highest BCUT2D eigenvalue weighted by molar-refractivity contribution is 7.99. The van der Waals surface area contributed by atoms with Gasteiger partial charge in [0.05, 0.1) is 5.92 Å². The van der Waals surface area contributed by atoms with Gasteiger partial charge < -0.3 is 5.11 Å². The second-order valence-corrected chi connectivity index (χ2v) is 6.38. The summed E-state index contributed by atoms with van der Waals surface area (Å²) in [5, 5.41) is 10.2. The number of aryl methyl sites for hydroxylation is 2. The van der Waals surface area contributed by atoms with E-state index in [1.807, 2.05) is 19.9 Å². The van der Waals surface area contributed by atoms with E-state index in [-0.39, 0.29) is 11.2 Å². The molecule has 1 saturated carbocycles. The Balaban J connectivity index is 2.15. The number of hydrogen-bond donors (Lipinski definition) is 1. The van der Waals surface area contributed by atoms with Crippen LogP contribution in [0.25, 0.3) is 0 Å². The Kier molecular flexibility index (Phi) is 4.80. The van der Waals surface area contributed by atoms with Gasteiger partial charge in [-0.25, -0.2) is 9.97 Å². The average molecular weight is 280 g/mol. The molecule has 0 aliphatic heterocycles. The monoisotopic (exact) mass is 280 g/mol. The van der Waals surface area contributed by atoms with Crippen LogP contribution < -0.4 is 0 Å². The second-order valence-electron chi connectivity index (χ2n) is 5.17. The zero-order chi connectivity index (χ0) is 13.8. The van der Waals surface area contributed by atoms with Gasteiger partial charge in [-0.3, -0.25) is 4.79 Å². The first-order chi connectivity index (χ1) is 9.06. The Morgan fingerprint density at radius 1 is 1.21 bits per heavy atom. The molecule has 104 valence electrons. The van der Waals surface area contributed by atoms with Crippen LogP contribution in [-0.4, -0.2) is 26.3 Å². The molecule has 0 amide bonds. The van der Waals surface area contributed by atoms with E-state index in [2.05, 4.69) is 9.97 Å². The van der Waals surface area contributed by atoms with Crippen LogP contribution in [-0.2, 0) is 4.79 Å². The fourth-order valence-corrected chi connectivity index (χ4v) is 3.94. The molecule has 1 aromatic heterocycles. The number of thioether (sulfide) groups is 1. The Hall–Kier alpha value is -1.10. The third-order valence-electron chi connectivity index (χ3n) is 3.49. The molecule has 1 fully saturated rings. The Labute approximate surface area is 118 Å². The number of hydrogen-bond acceptors (Lipinski definition) is 4. The van der Waals surface area contributed by atoms with Crippen LogP contribution >= 0.6 is 11.8 Å². The Morgan fingerprint density at radius 2 is 1.84 bits per heavy atom. The van der Waals surface area contributed by atoms with Gasteiger partial charge in [-0.1, -0.05) is 31.0 Å². The molecular formula is C14H20N2O2S. The molecule has 2 unspecified atom stereocenters. The number of aromatic nitrogens is 2. The average Bonchev–Trinajstić information content (AvgIpc) is 2.53. The van der Waals surface area contributed by atoms with Crippen molar-refractivity contribution in [3.05, 3.63) is 17.5 Å². The van der Waals surface area contributed by atoms with Crippen molar-refractivity contribution in [2.75, 3.05) is 0 Å². The maximum atomic E-state index is 11.4. The number of nitrogens with zero attached hydrogens (tertiary/aromatic N) is 2. The maximum absolute atomic E-state index is 11.4. The topological polar surface area (TPSA) is 63.1 Å². The molecule has 0 spiro atoms. The van der Waals surface area contributed by atoms with Crippen LogP contribution in [0.15, 0.2) is 11.2 Å². The minimum absolute atomic E-state index is 0.0983. The molecule has 1 N–H and O–H groups in total. The van der Waals surface area contributed by atoms with Gasteiger partial charge in [-0.2, -0.15) is 0 Å². The van der Waals surface area contributed by atoms with E-state index in [9.17, 15) is 9.90 Å². The van der Waals surface area contributed by atoms with Gasteiger partial charge in [0.25, 0.3) is 0 Å². The van der Waals surface area contributed by atoms with Gasteiger partial charge in [-0.15, -0.1) is 0 Å². The van der Waals surface area contributed by atoms with Crippen molar-refractivity contribution >= 4 is 17.7 Å². The summed E-state index contributed by atoms with van der Waals surface area (Å²) in [5.41, 5.74) is 1.88. The van der Waals surface area contributed by atoms with E-state index < -0.39 is 5.97 Å². The van der Waals surface area contributed by atoms with Crippen LogP contribution in [0.2, 0.25) is 0 Å². The zero-order valence-corrected chi connectivity index (χ0v) is 12.2. The summed E-state index contributed by atoms with van der Waals surface area (Å²) in [6.45, 7) is 3.89. The third kappa shape index (κ3) is 3.93. The summed E-state index contributed by atoms with van der Waals surface area (Å²) in [4.78, 5) is 20.2. The minimum atomic E-state index is -0.677. The van der Waals surface area contributed by atoms with Gasteiger partial charge >= 0.3 is 5.97 Å². The normalized spacial score (nSPS) is 23.9. The van der Waals surface area contributed by atoms with E-state index in [0.717, 1.165) is 48.6 Å². The lowest BCUT2D eigenvalue weighted by Gasteiger charge is -2.20. The summed E-state index contributed by atoms with van der Waals surface area (Å²) in [6, 6.07) is 1.94. The quantitative estimate of drug-likeness (QED) is 0.680. The van der Waals surface area contributed by atoms with Crippen LogP contribution in [0.4, 0.5) is 0 Å². The fraction of sp³-hybridized carbons (Fsp3) is 0.643. The Bertz CT molecular complexity index is 445. The molecule has 1 heterocycles. The van der Waals surface area contributed by atoms with Crippen molar-refractivity contribution in [2.24, 2.45) is 5.92 Å². The molecule has 0 saturated heterocycles. The number of rotatable bonds is 3. The highest BCUT2D eigenvalue weighted by Crippen LogP contribution is 2.35. The molecule has 4 nitrogen and oxygen atoms in total. The molecule has 2 atom stereocenters. The zero-order valence-electron chi connectivity index (χ0n) is 11.4. The lowest BCUT2D eigenvalue weighted by molar-refractivity contribution is -0.141. The highest BCUT2D eigenvalue weighted by atomic mass is 32.2. The SMILES string of the molecule is Cc1cc(C)nc(SC2CCCCCC2C(=O)O)n1. The van der Waals surface area contributed by atoms with Crippen molar-refractivity contribution in [1.29, 1.82) is 0 Å². The van der Waals surface area contributed by atoms with Crippen molar-refractivity contribution in [3.63, 3.8) is 0 Å². The molecule has 5 heteroatoms. The van der Waals surface area contributed by atoms with Gasteiger partial charge in [0.1, 0.15) is 0 Å². The molecule has 19 heavy (non-hydrogen) atoms. The molecule has 1 aromatic rings. The number of carboxylic acids is 1. The second kappa shape index (κ2) is 6.37. The minimum Gasteiger partial charge on any atom is -0.481 e. The van der Waals surface area contributed by atoms with Crippen molar-refractivity contribution in [1.82, 2.24) is 9.97 Å². The summed E-state index contributed by atoms with van der Waals surface area (Å²) < 4.78 is 0. The van der Waals surface area contributed by atoms with E-state index in [0.29, 0.717) is 0 Å². The predicted octanol–water partition coefficient (Wildman–Crippen LogP) is 3.22. The van der Waals surface area contributed by atoms with Gasteiger partial charge in [-0.05, 0) is 32.8 Å². The van der Waals surface area contributed by atoms with E-state index >= 15 is 0 Å². The van der Waals surface area contributed by atoms with E-state index in [1.54, 1.807) is 0 Å². The van der Waals surface area contributed by atoms with E-state index in [1.165, 1.54) is 11.8 Å². The fourth-order valence-electron chi connectivity index (χ4n) is 2.58. The summed E-state index contributed by atoms with van der Waals surface area (Å²) >= 11 is 1.54. The summed E-state index contributed by atoms with van der Waals surface area (Å²) in [7, 11) is 0. The van der Waals surface area contributed by atoms with Gasteiger partial charge in [0, 0.05) is 16.6 Å². The Morgan fingerprint density at radius 3 is 2.47 bits per heavy atom. The van der Waals surface area contributed by atoms with Crippen molar-refractivity contribution in [2.45, 2.75) is 56.4 Å². The molecular weight excluding hydrogens is 260 g/mol. The summed E-state index contributed by atoms with van der Waals surface area (Å²) in [5.74, 6) is -0.944. The van der Waals surface area contributed by atoms with E-state index in [4.69, 9.17) is 0 Å². The molecule has 0 radical (unpaired) electrons. The van der Waals surface area contributed by atoms with Crippen LogP contribution in [0.1, 0.15) is 43.5 Å². The molecule has 1 aliphatic rings. The first-order valence-corrected chi connectivity index (χ1v) is 7.66. The molecule has 0 bridgehead atoms. The van der Waals surface area contributed by atoms with Crippen molar-refractivity contribution < 1.29 is 9.90 Å². The maximum Gasteiger partial charge on any atom is 0.307 e. The largest absolute Gasteiger partial charge is 0.481 e. The van der Waals surface area contributed by atoms with Crippen LogP contribution in [0.3, 0.4) is 0 Å². The van der Waals surface area contributed by atoms with Gasteiger partial charge in [0.15, 0.2) is 5.16 Å². The molecule has 2 rings (SSSR count).